The highest BCUT2D eigenvalue weighted by Crippen LogP contribution is 2.27. The van der Waals surface area contributed by atoms with Crippen molar-refractivity contribution in [2.24, 2.45) is 12.8 Å². The van der Waals surface area contributed by atoms with Crippen LogP contribution < -0.4 is 15.2 Å². The number of nitrogens with zero attached hydrogens (tertiary/aromatic N) is 2. The molecule has 0 aliphatic carbocycles. The first-order valence-electron chi connectivity index (χ1n) is 5.60. The highest BCUT2D eigenvalue weighted by atomic mass is 16.5. The Kier molecular flexibility index (Phi) is 3.53. The van der Waals surface area contributed by atoms with Crippen LogP contribution in [0.3, 0.4) is 0 Å². The molecular formula is C13H17N3O2. The van der Waals surface area contributed by atoms with E-state index in [0.717, 1.165) is 22.8 Å². The van der Waals surface area contributed by atoms with Crippen molar-refractivity contribution in [3.63, 3.8) is 0 Å². The lowest BCUT2D eigenvalue weighted by atomic mass is 10.0. The van der Waals surface area contributed by atoms with Crippen molar-refractivity contribution in [3.05, 3.63) is 42.0 Å². The van der Waals surface area contributed by atoms with Gasteiger partial charge in [0.1, 0.15) is 11.5 Å². The van der Waals surface area contributed by atoms with Gasteiger partial charge in [0.05, 0.1) is 32.3 Å². The first kappa shape index (κ1) is 12.4. The molecule has 5 nitrogen and oxygen atoms in total. The van der Waals surface area contributed by atoms with Crippen molar-refractivity contribution in [1.29, 1.82) is 0 Å². The number of methoxy groups -OCH3 is 2. The van der Waals surface area contributed by atoms with Crippen molar-refractivity contribution in [2.75, 3.05) is 14.2 Å². The average Bonchev–Trinajstić information content (AvgIpc) is 2.83. The summed E-state index contributed by atoms with van der Waals surface area (Å²) in [6.45, 7) is 0. The predicted octanol–water partition coefficient (Wildman–Crippen LogP) is 1.49. The third-order valence-electron chi connectivity index (χ3n) is 2.78. The normalized spacial score (nSPS) is 12.2. The third-order valence-corrected chi connectivity index (χ3v) is 2.78. The lowest BCUT2D eigenvalue weighted by molar-refractivity contribution is 0.393. The third kappa shape index (κ3) is 2.46. The molecule has 1 unspecified atom stereocenters. The number of imidazole rings is 1. The van der Waals surface area contributed by atoms with Crippen LogP contribution in [0.4, 0.5) is 0 Å². The zero-order valence-corrected chi connectivity index (χ0v) is 10.8. The number of ether oxygens (including phenoxy) is 2. The molecule has 1 heterocycles. The van der Waals surface area contributed by atoms with E-state index in [1.165, 1.54) is 0 Å². The van der Waals surface area contributed by atoms with Crippen LogP contribution in [-0.2, 0) is 7.05 Å². The maximum atomic E-state index is 6.19. The van der Waals surface area contributed by atoms with Crippen molar-refractivity contribution in [1.82, 2.24) is 9.55 Å². The minimum Gasteiger partial charge on any atom is -0.497 e. The number of hydrogen-bond donors (Lipinski definition) is 1. The standard InChI is InChI=1S/C13H17N3O2/c1-16-7-12(15-8-16)13(14)9-4-10(17-2)6-11(5-9)18-3/h4-8,13H,14H2,1-3H3. The van der Waals surface area contributed by atoms with Gasteiger partial charge in [-0.15, -0.1) is 0 Å². The highest BCUT2D eigenvalue weighted by Gasteiger charge is 2.14. The van der Waals surface area contributed by atoms with E-state index in [1.807, 2.05) is 36.0 Å². The van der Waals surface area contributed by atoms with Crippen molar-refractivity contribution >= 4 is 0 Å². The molecule has 0 aliphatic heterocycles. The topological polar surface area (TPSA) is 62.3 Å². The Morgan fingerprint density at radius 1 is 1.17 bits per heavy atom. The molecule has 0 amide bonds. The van der Waals surface area contributed by atoms with E-state index in [9.17, 15) is 0 Å². The lowest BCUT2D eigenvalue weighted by Gasteiger charge is -2.13. The van der Waals surface area contributed by atoms with Crippen LogP contribution >= 0.6 is 0 Å². The summed E-state index contributed by atoms with van der Waals surface area (Å²) in [5, 5.41) is 0. The van der Waals surface area contributed by atoms with E-state index >= 15 is 0 Å². The Bertz CT molecular complexity index is 515. The summed E-state index contributed by atoms with van der Waals surface area (Å²) in [7, 11) is 5.14. The maximum Gasteiger partial charge on any atom is 0.122 e. The number of aryl methyl sites for hydroxylation is 1. The van der Waals surface area contributed by atoms with E-state index in [1.54, 1.807) is 20.5 Å². The summed E-state index contributed by atoms with van der Waals surface area (Å²) < 4.78 is 12.3. The molecule has 0 spiro atoms. The van der Waals surface area contributed by atoms with Crippen molar-refractivity contribution in [2.45, 2.75) is 6.04 Å². The molecule has 0 aliphatic rings. The summed E-state index contributed by atoms with van der Waals surface area (Å²) in [4.78, 5) is 4.26. The number of nitrogens with two attached hydrogens (primary N) is 1. The largest absolute Gasteiger partial charge is 0.497 e. The van der Waals surface area contributed by atoms with Gasteiger partial charge in [-0.3, -0.25) is 0 Å². The van der Waals surface area contributed by atoms with Crippen LogP contribution in [0.1, 0.15) is 17.3 Å². The van der Waals surface area contributed by atoms with Gasteiger partial charge < -0.3 is 19.8 Å². The molecule has 0 fully saturated rings. The molecule has 96 valence electrons. The quantitative estimate of drug-likeness (QED) is 0.889. The van der Waals surface area contributed by atoms with Gasteiger partial charge in [-0.1, -0.05) is 0 Å². The molecule has 5 heteroatoms. The van der Waals surface area contributed by atoms with E-state index in [2.05, 4.69) is 4.98 Å². The van der Waals surface area contributed by atoms with Gasteiger partial charge in [0, 0.05) is 19.3 Å². The van der Waals surface area contributed by atoms with Crippen LogP contribution in [0.5, 0.6) is 11.5 Å². The molecule has 0 saturated carbocycles. The molecule has 2 aromatic rings. The number of aromatic nitrogens is 2. The van der Waals surface area contributed by atoms with Gasteiger partial charge in [-0.2, -0.15) is 0 Å². The Morgan fingerprint density at radius 3 is 2.22 bits per heavy atom. The molecular weight excluding hydrogens is 230 g/mol. The second-order valence-electron chi connectivity index (χ2n) is 4.09. The fraction of sp³-hybridized carbons (Fsp3) is 0.308. The number of hydrogen-bond acceptors (Lipinski definition) is 4. The molecule has 18 heavy (non-hydrogen) atoms. The zero-order chi connectivity index (χ0) is 13.1. The van der Waals surface area contributed by atoms with Gasteiger partial charge in [-0.05, 0) is 17.7 Å². The molecule has 2 N–H and O–H groups in total. The summed E-state index contributed by atoms with van der Waals surface area (Å²) >= 11 is 0. The first-order chi connectivity index (χ1) is 8.63. The van der Waals surface area contributed by atoms with Crippen LogP contribution in [0, 0.1) is 0 Å². The summed E-state index contributed by atoms with van der Waals surface area (Å²) in [6.07, 6.45) is 3.63. The Morgan fingerprint density at radius 2 is 1.78 bits per heavy atom. The van der Waals surface area contributed by atoms with E-state index < -0.39 is 0 Å². The fourth-order valence-electron chi connectivity index (χ4n) is 1.77. The number of rotatable bonds is 4. The van der Waals surface area contributed by atoms with Gasteiger partial charge >= 0.3 is 0 Å². The molecule has 1 atom stereocenters. The summed E-state index contributed by atoms with van der Waals surface area (Å²) in [5.74, 6) is 1.44. The monoisotopic (exact) mass is 247 g/mol. The van der Waals surface area contributed by atoms with Crippen molar-refractivity contribution in [3.8, 4) is 11.5 Å². The second-order valence-corrected chi connectivity index (χ2v) is 4.09. The Balaban J connectivity index is 2.37. The maximum absolute atomic E-state index is 6.19. The average molecular weight is 247 g/mol. The summed E-state index contributed by atoms with van der Waals surface area (Å²) in [6, 6.07) is 5.30. The van der Waals surface area contributed by atoms with Crippen LogP contribution in [0.25, 0.3) is 0 Å². The molecule has 0 saturated heterocycles. The van der Waals surface area contributed by atoms with Crippen LogP contribution in [0.15, 0.2) is 30.7 Å². The molecule has 0 bridgehead atoms. The van der Waals surface area contributed by atoms with E-state index in [0.29, 0.717) is 0 Å². The smallest absolute Gasteiger partial charge is 0.122 e. The Hall–Kier alpha value is -2.01. The van der Waals surface area contributed by atoms with Gasteiger partial charge in [0.15, 0.2) is 0 Å². The van der Waals surface area contributed by atoms with Crippen LogP contribution in [0.2, 0.25) is 0 Å². The van der Waals surface area contributed by atoms with Crippen LogP contribution in [-0.4, -0.2) is 23.8 Å². The number of benzene rings is 1. The van der Waals surface area contributed by atoms with E-state index in [-0.39, 0.29) is 6.04 Å². The molecule has 2 rings (SSSR count). The van der Waals surface area contributed by atoms with Gasteiger partial charge in [0.2, 0.25) is 0 Å². The van der Waals surface area contributed by atoms with E-state index in [4.69, 9.17) is 15.2 Å². The SMILES string of the molecule is COc1cc(OC)cc(C(N)c2cn(C)cn2)c1. The van der Waals surface area contributed by atoms with Gasteiger partial charge in [0.25, 0.3) is 0 Å². The molecule has 0 radical (unpaired) electrons. The summed E-state index contributed by atoms with van der Waals surface area (Å²) in [5.41, 5.74) is 7.91. The fourth-order valence-corrected chi connectivity index (χ4v) is 1.77. The van der Waals surface area contributed by atoms with Crippen molar-refractivity contribution < 1.29 is 9.47 Å². The Labute approximate surface area is 106 Å². The minimum absolute atomic E-state index is 0.296. The minimum atomic E-state index is -0.296. The zero-order valence-electron chi connectivity index (χ0n) is 10.8. The second kappa shape index (κ2) is 5.10. The molecule has 1 aromatic carbocycles. The molecule has 1 aromatic heterocycles. The lowest BCUT2D eigenvalue weighted by Crippen LogP contribution is -2.12. The highest BCUT2D eigenvalue weighted by molar-refractivity contribution is 5.41. The predicted molar refractivity (Wildman–Crippen MR) is 68.8 cm³/mol. The first-order valence-corrected chi connectivity index (χ1v) is 5.60. The van der Waals surface area contributed by atoms with Gasteiger partial charge in [-0.25, -0.2) is 4.98 Å².